The second-order valence-corrected chi connectivity index (χ2v) is 7.98. The number of carbonyl (C=O) groups excluding carboxylic acids is 1. The van der Waals surface area contributed by atoms with E-state index in [9.17, 15) is 4.79 Å². The van der Waals surface area contributed by atoms with Crippen LogP contribution < -0.4 is 0 Å². The van der Waals surface area contributed by atoms with Crippen molar-refractivity contribution in [2.75, 3.05) is 26.4 Å². The summed E-state index contributed by atoms with van der Waals surface area (Å²) < 4.78 is 0. The van der Waals surface area contributed by atoms with E-state index in [4.69, 9.17) is 0 Å². The lowest BCUT2D eigenvalue weighted by Crippen LogP contribution is -2.39. The second kappa shape index (κ2) is 7.45. The molecule has 1 aliphatic heterocycles. The monoisotopic (exact) mass is 343 g/mol. The van der Waals surface area contributed by atoms with Crippen molar-refractivity contribution in [3.8, 4) is 0 Å². The minimum atomic E-state index is 0.0171. The van der Waals surface area contributed by atoms with E-state index in [1.807, 2.05) is 23.9 Å². The molecule has 2 heterocycles. The van der Waals surface area contributed by atoms with Crippen LogP contribution in [-0.2, 0) is 6.54 Å². The van der Waals surface area contributed by atoms with Gasteiger partial charge in [0.25, 0.3) is 5.91 Å². The SMILES string of the molecule is C[C@@H]1SCCN(Cc2ccc(C(=O)N(C)C)[nH]2)[C@H]1c1ccccc1. The summed E-state index contributed by atoms with van der Waals surface area (Å²) in [5.74, 6) is 1.16. The summed E-state index contributed by atoms with van der Waals surface area (Å²) in [7, 11) is 3.55. The molecule has 5 heteroatoms. The van der Waals surface area contributed by atoms with Crippen LogP contribution in [0, 0.1) is 0 Å². The maximum absolute atomic E-state index is 12.1. The molecular weight excluding hydrogens is 318 g/mol. The van der Waals surface area contributed by atoms with Crippen molar-refractivity contribution < 1.29 is 4.79 Å². The average Bonchev–Trinajstić information content (AvgIpc) is 3.03. The van der Waals surface area contributed by atoms with E-state index >= 15 is 0 Å². The first-order valence-electron chi connectivity index (χ1n) is 8.36. The number of nitrogens with zero attached hydrogens (tertiary/aromatic N) is 2. The summed E-state index contributed by atoms with van der Waals surface area (Å²) in [6.07, 6.45) is 0. The quantitative estimate of drug-likeness (QED) is 0.925. The highest BCUT2D eigenvalue weighted by atomic mass is 32.2. The molecule has 3 rings (SSSR count). The lowest BCUT2D eigenvalue weighted by atomic mass is 10.0. The summed E-state index contributed by atoms with van der Waals surface area (Å²) in [5.41, 5.74) is 3.12. The molecule has 1 aliphatic rings. The Bertz CT molecular complexity index is 683. The van der Waals surface area contributed by atoms with Crippen LogP contribution in [0.25, 0.3) is 0 Å². The van der Waals surface area contributed by atoms with Gasteiger partial charge in [-0.25, -0.2) is 0 Å². The predicted octanol–water partition coefficient (Wildman–Crippen LogP) is 3.40. The molecule has 1 aromatic heterocycles. The molecule has 0 saturated carbocycles. The van der Waals surface area contributed by atoms with Gasteiger partial charge in [0.05, 0.1) is 0 Å². The van der Waals surface area contributed by atoms with Gasteiger partial charge in [-0.2, -0.15) is 11.8 Å². The smallest absolute Gasteiger partial charge is 0.269 e. The third kappa shape index (κ3) is 3.68. The Hall–Kier alpha value is -1.72. The Morgan fingerprint density at radius 1 is 1.25 bits per heavy atom. The number of amides is 1. The fourth-order valence-electron chi connectivity index (χ4n) is 3.31. The summed E-state index contributed by atoms with van der Waals surface area (Å²) in [6, 6.07) is 15.1. The average molecular weight is 343 g/mol. The molecule has 4 nitrogen and oxygen atoms in total. The second-order valence-electron chi connectivity index (χ2n) is 6.50. The summed E-state index contributed by atoms with van der Waals surface area (Å²) in [6.45, 7) is 4.21. The third-order valence-corrected chi connectivity index (χ3v) is 5.70. The van der Waals surface area contributed by atoms with Gasteiger partial charge in [0.2, 0.25) is 0 Å². The zero-order valence-corrected chi connectivity index (χ0v) is 15.3. The van der Waals surface area contributed by atoms with Crippen LogP contribution >= 0.6 is 11.8 Å². The number of H-pyrrole nitrogens is 1. The molecule has 0 bridgehead atoms. The number of hydrogen-bond acceptors (Lipinski definition) is 3. The highest BCUT2D eigenvalue weighted by Crippen LogP contribution is 2.36. The highest BCUT2D eigenvalue weighted by Gasteiger charge is 2.30. The molecule has 1 amide bonds. The van der Waals surface area contributed by atoms with Crippen LogP contribution in [0.5, 0.6) is 0 Å². The van der Waals surface area contributed by atoms with E-state index in [0.29, 0.717) is 17.0 Å². The summed E-state index contributed by atoms with van der Waals surface area (Å²) in [4.78, 5) is 19.5. The number of benzene rings is 1. The molecule has 24 heavy (non-hydrogen) atoms. The van der Waals surface area contributed by atoms with Crippen LogP contribution in [0.1, 0.15) is 34.7 Å². The molecule has 0 spiro atoms. The number of nitrogens with one attached hydrogen (secondary N) is 1. The number of aromatic amines is 1. The Kier molecular flexibility index (Phi) is 5.31. The fourth-order valence-corrected chi connectivity index (χ4v) is 4.53. The standard InChI is InChI=1S/C19H25N3OS/c1-14-18(15-7-5-4-6-8-15)22(11-12-24-14)13-16-9-10-17(20-16)19(23)21(2)3/h4-10,14,18,20H,11-13H2,1-3H3/t14-,18+/m0/s1. The lowest BCUT2D eigenvalue weighted by molar-refractivity contribution is 0.0822. The van der Waals surface area contributed by atoms with Crippen LogP contribution in [0.15, 0.2) is 42.5 Å². The van der Waals surface area contributed by atoms with Crippen molar-refractivity contribution in [1.82, 2.24) is 14.8 Å². The molecule has 0 unspecified atom stereocenters. The molecule has 0 aliphatic carbocycles. The van der Waals surface area contributed by atoms with Gasteiger partial charge in [-0.1, -0.05) is 37.3 Å². The van der Waals surface area contributed by atoms with Crippen LogP contribution in [0.4, 0.5) is 0 Å². The number of aromatic nitrogens is 1. The fraction of sp³-hybridized carbons (Fsp3) is 0.421. The van der Waals surface area contributed by atoms with Gasteiger partial charge >= 0.3 is 0 Å². The first-order chi connectivity index (χ1) is 11.6. The first-order valence-corrected chi connectivity index (χ1v) is 9.41. The zero-order valence-electron chi connectivity index (χ0n) is 14.5. The number of hydrogen-bond donors (Lipinski definition) is 1. The van der Waals surface area contributed by atoms with E-state index in [1.54, 1.807) is 19.0 Å². The lowest BCUT2D eigenvalue weighted by Gasteiger charge is -2.39. The molecule has 2 atom stereocenters. The number of thioether (sulfide) groups is 1. The van der Waals surface area contributed by atoms with E-state index < -0.39 is 0 Å². The van der Waals surface area contributed by atoms with Crippen molar-refractivity contribution in [2.45, 2.75) is 24.8 Å². The molecule has 128 valence electrons. The maximum Gasteiger partial charge on any atom is 0.269 e. The molecule has 2 aromatic rings. The van der Waals surface area contributed by atoms with E-state index in [2.05, 4.69) is 47.1 Å². The van der Waals surface area contributed by atoms with Gasteiger partial charge in [0.15, 0.2) is 0 Å². The van der Waals surface area contributed by atoms with Crippen LogP contribution in [-0.4, -0.2) is 52.3 Å². The Morgan fingerprint density at radius 2 is 2.00 bits per heavy atom. The van der Waals surface area contributed by atoms with Gasteiger partial charge in [-0.3, -0.25) is 9.69 Å². The zero-order chi connectivity index (χ0) is 17.1. The third-order valence-electron chi connectivity index (χ3n) is 4.49. The molecule has 1 N–H and O–H groups in total. The van der Waals surface area contributed by atoms with Gasteiger partial charge in [-0.05, 0) is 17.7 Å². The molecule has 1 aromatic carbocycles. The van der Waals surface area contributed by atoms with E-state index in [0.717, 1.165) is 24.5 Å². The molecule has 0 radical (unpaired) electrons. The van der Waals surface area contributed by atoms with Gasteiger partial charge in [-0.15, -0.1) is 0 Å². The van der Waals surface area contributed by atoms with Crippen LogP contribution in [0.3, 0.4) is 0 Å². The van der Waals surface area contributed by atoms with E-state index in [1.165, 1.54) is 5.56 Å². The minimum Gasteiger partial charge on any atom is -0.353 e. The topological polar surface area (TPSA) is 39.3 Å². The van der Waals surface area contributed by atoms with Gasteiger partial charge in [0, 0.05) is 49.9 Å². The van der Waals surface area contributed by atoms with Crippen molar-refractivity contribution >= 4 is 17.7 Å². The van der Waals surface area contributed by atoms with Crippen molar-refractivity contribution in [3.05, 3.63) is 59.4 Å². The number of rotatable bonds is 4. The van der Waals surface area contributed by atoms with Crippen molar-refractivity contribution in [3.63, 3.8) is 0 Å². The van der Waals surface area contributed by atoms with E-state index in [-0.39, 0.29) is 5.91 Å². The molecule has 1 fully saturated rings. The summed E-state index contributed by atoms with van der Waals surface area (Å²) in [5, 5.41) is 0.555. The molecule has 1 saturated heterocycles. The highest BCUT2D eigenvalue weighted by molar-refractivity contribution is 8.00. The van der Waals surface area contributed by atoms with Crippen molar-refractivity contribution in [2.24, 2.45) is 0 Å². The largest absolute Gasteiger partial charge is 0.353 e. The summed E-state index contributed by atoms with van der Waals surface area (Å²) >= 11 is 2.04. The maximum atomic E-state index is 12.1. The Morgan fingerprint density at radius 3 is 2.71 bits per heavy atom. The van der Waals surface area contributed by atoms with Crippen molar-refractivity contribution in [1.29, 1.82) is 0 Å². The van der Waals surface area contributed by atoms with Crippen LogP contribution in [0.2, 0.25) is 0 Å². The van der Waals surface area contributed by atoms with Gasteiger partial charge < -0.3 is 9.88 Å². The van der Waals surface area contributed by atoms with Gasteiger partial charge in [0.1, 0.15) is 5.69 Å². The number of carbonyl (C=O) groups is 1. The molecular formula is C19H25N3OS. The minimum absolute atomic E-state index is 0.0171. The Balaban J connectivity index is 1.78. The first kappa shape index (κ1) is 17.1. The predicted molar refractivity (Wildman–Crippen MR) is 100 cm³/mol. The Labute approximate surface area is 148 Å². The normalized spacial score (nSPS) is 21.6.